The van der Waals surface area contributed by atoms with Gasteiger partial charge in [-0.15, -0.1) is 0 Å². The average molecular weight is 461 g/mol. The van der Waals surface area contributed by atoms with Crippen molar-refractivity contribution in [1.82, 2.24) is 9.38 Å². The van der Waals surface area contributed by atoms with Crippen LogP contribution in [0.4, 0.5) is 0 Å². The van der Waals surface area contributed by atoms with Crippen molar-refractivity contribution >= 4 is 50.4 Å². The molecule has 0 atom stereocenters. The van der Waals surface area contributed by atoms with Gasteiger partial charge in [0.25, 0.3) is 0 Å². The van der Waals surface area contributed by atoms with E-state index in [1.54, 1.807) is 41.1 Å². The van der Waals surface area contributed by atoms with E-state index in [1.165, 1.54) is 0 Å². The van der Waals surface area contributed by atoms with Gasteiger partial charge in [-0.2, -0.15) is 0 Å². The molecule has 0 bridgehead atoms. The molecule has 0 aliphatic carbocycles. The number of rotatable bonds is 4. The van der Waals surface area contributed by atoms with Gasteiger partial charge in [-0.05, 0) is 35.0 Å². The molecule has 6 rings (SSSR count). The second-order valence-corrected chi connectivity index (χ2v) is 8.56. The van der Waals surface area contributed by atoms with Gasteiger partial charge in [0.1, 0.15) is 6.33 Å². The lowest BCUT2D eigenvalue weighted by atomic mass is 9.99. The molecular formula is C29H17ClN2O2. The largest absolute Gasteiger partial charge is 0.296 e. The number of hydrogen-bond donors (Lipinski definition) is 0. The van der Waals surface area contributed by atoms with Crippen molar-refractivity contribution in [2.45, 2.75) is 0 Å². The first kappa shape index (κ1) is 20.3. The van der Waals surface area contributed by atoms with E-state index in [9.17, 15) is 9.59 Å². The van der Waals surface area contributed by atoms with Crippen LogP contribution in [-0.2, 0) is 0 Å². The molecule has 0 aliphatic rings. The summed E-state index contributed by atoms with van der Waals surface area (Å²) in [7, 11) is 0. The van der Waals surface area contributed by atoms with E-state index >= 15 is 0 Å². The smallest absolute Gasteiger partial charge is 0.210 e. The number of benzene rings is 4. The number of aromatic nitrogens is 2. The summed E-state index contributed by atoms with van der Waals surface area (Å²) in [4.78, 5) is 32.0. The molecule has 0 saturated carbocycles. The van der Waals surface area contributed by atoms with Crippen LogP contribution in [0.3, 0.4) is 0 Å². The first-order valence-electron chi connectivity index (χ1n) is 10.8. The summed E-state index contributed by atoms with van der Waals surface area (Å²) in [6, 6.07) is 29.6. The summed E-state index contributed by atoms with van der Waals surface area (Å²) >= 11 is 6.19. The summed E-state index contributed by atoms with van der Waals surface area (Å²) in [5.41, 5.74) is 3.26. The topological polar surface area (TPSA) is 51.4 Å². The summed E-state index contributed by atoms with van der Waals surface area (Å²) in [6.07, 6.45) is 1.59. The standard InChI is InChI=1S/C29H17ClN2O2/c30-20-13-14-23-25(15-20)31-17-32-26(16-24(27(23)32)28(33)19-8-2-1-3-9-19)29(34)22-12-6-10-18-7-4-5-11-21(18)22/h1-17H. The molecule has 2 heterocycles. The second-order valence-electron chi connectivity index (χ2n) is 8.12. The highest BCUT2D eigenvalue weighted by molar-refractivity contribution is 6.31. The van der Waals surface area contributed by atoms with Gasteiger partial charge in [-0.1, -0.05) is 84.4 Å². The predicted octanol–water partition coefficient (Wildman–Crippen LogP) is 6.76. The SMILES string of the molecule is O=C(c1ccccc1)c1cc(C(=O)c2cccc3ccccc23)n2cnc3cc(Cl)ccc3c12. The zero-order valence-corrected chi connectivity index (χ0v) is 18.7. The van der Waals surface area contributed by atoms with Crippen molar-refractivity contribution in [3.05, 3.63) is 131 Å². The van der Waals surface area contributed by atoms with Gasteiger partial charge >= 0.3 is 0 Å². The van der Waals surface area contributed by atoms with Crippen LogP contribution < -0.4 is 0 Å². The Balaban J connectivity index is 1.65. The molecule has 0 spiro atoms. The van der Waals surface area contributed by atoms with Gasteiger partial charge in [0, 0.05) is 27.1 Å². The fraction of sp³-hybridized carbons (Fsp3) is 0. The first-order valence-corrected chi connectivity index (χ1v) is 11.2. The summed E-state index contributed by atoms with van der Waals surface area (Å²) in [5, 5.41) is 3.15. The third-order valence-corrected chi connectivity index (χ3v) is 6.35. The molecule has 162 valence electrons. The van der Waals surface area contributed by atoms with Crippen LogP contribution in [-0.4, -0.2) is 21.0 Å². The molecule has 34 heavy (non-hydrogen) atoms. The molecule has 0 amide bonds. The van der Waals surface area contributed by atoms with E-state index < -0.39 is 0 Å². The fourth-order valence-electron chi connectivity index (χ4n) is 4.51. The van der Waals surface area contributed by atoms with Gasteiger partial charge in [0.05, 0.1) is 16.7 Å². The molecule has 0 unspecified atom stereocenters. The average Bonchev–Trinajstić information content (AvgIpc) is 3.28. The van der Waals surface area contributed by atoms with Crippen molar-refractivity contribution in [2.24, 2.45) is 0 Å². The molecule has 0 aliphatic heterocycles. The highest BCUT2D eigenvalue weighted by Gasteiger charge is 2.24. The van der Waals surface area contributed by atoms with Crippen LogP contribution in [0.25, 0.3) is 27.2 Å². The summed E-state index contributed by atoms with van der Waals surface area (Å²) in [6.45, 7) is 0. The van der Waals surface area contributed by atoms with E-state index in [4.69, 9.17) is 11.6 Å². The molecule has 0 radical (unpaired) electrons. The Labute approximate surface area is 200 Å². The van der Waals surface area contributed by atoms with Crippen LogP contribution >= 0.6 is 11.6 Å². The minimum atomic E-state index is -0.172. The normalized spacial score (nSPS) is 11.3. The van der Waals surface area contributed by atoms with E-state index in [2.05, 4.69) is 4.98 Å². The lowest BCUT2D eigenvalue weighted by molar-refractivity contribution is 0.103. The molecule has 5 heteroatoms. The molecule has 2 aromatic heterocycles. The molecule has 4 nitrogen and oxygen atoms in total. The van der Waals surface area contributed by atoms with Crippen LogP contribution in [0.2, 0.25) is 5.02 Å². The number of hydrogen-bond acceptors (Lipinski definition) is 3. The van der Waals surface area contributed by atoms with E-state index in [0.29, 0.717) is 38.4 Å². The van der Waals surface area contributed by atoms with Crippen molar-refractivity contribution < 1.29 is 9.59 Å². The molecule has 0 N–H and O–H groups in total. The van der Waals surface area contributed by atoms with Crippen molar-refractivity contribution in [3.8, 4) is 0 Å². The maximum absolute atomic E-state index is 13.9. The monoisotopic (exact) mass is 460 g/mol. The van der Waals surface area contributed by atoms with E-state index in [1.807, 2.05) is 66.7 Å². The number of ketones is 2. The van der Waals surface area contributed by atoms with Crippen molar-refractivity contribution in [2.75, 3.05) is 0 Å². The molecule has 0 saturated heterocycles. The van der Waals surface area contributed by atoms with E-state index in [-0.39, 0.29) is 11.6 Å². The Kier molecular flexibility index (Phi) is 4.75. The second kappa shape index (κ2) is 7.94. The first-order chi connectivity index (χ1) is 16.6. The lowest BCUT2D eigenvalue weighted by Gasteiger charge is -2.08. The number of halogens is 1. The van der Waals surface area contributed by atoms with Crippen molar-refractivity contribution in [1.29, 1.82) is 0 Å². The van der Waals surface area contributed by atoms with Gasteiger partial charge < -0.3 is 0 Å². The van der Waals surface area contributed by atoms with Gasteiger partial charge in [0.15, 0.2) is 5.78 Å². The van der Waals surface area contributed by atoms with Crippen molar-refractivity contribution in [3.63, 3.8) is 0 Å². The van der Waals surface area contributed by atoms with E-state index in [0.717, 1.165) is 16.2 Å². The zero-order chi connectivity index (χ0) is 23.2. The maximum Gasteiger partial charge on any atom is 0.210 e. The minimum Gasteiger partial charge on any atom is -0.296 e. The maximum atomic E-state index is 13.9. The van der Waals surface area contributed by atoms with Crippen LogP contribution in [0, 0.1) is 0 Å². The lowest BCUT2D eigenvalue weighted by Crippen LogP contribution is -2.06. The van der Waals surface area contributed by atoms with Crippen LogP contribution in [0.15, 0.2) is 103 Å². The number of nitrogens with zero attached hydrogens (tertiary/aromatic N) is 2. The fourth-order valence-corrected chi connectivity index (χ4v) is 4.67. The number of carbonyl (C=O) groups excluding carboxylic acids is 2. The quantitative estimate of drug-likeness (QED) is 0.273. The number of carbonyl (C=O) groups is 2. The van der Waals surface area contributed by atoms with Crippen LogP contribution in [0.1, 0.15) is 32.0 Å². The highest BCUT2D eigenvalue weighted by atomic mass is 35.5. The predicted molar refractivity (Wildman–Crippen MR) is 135 cm³/mol. The molecule has 6 aromatic rings. The number of fused-ring (bicyclic) bond motifs is 4. The molecule has 0 fully saturated rings. The molecular weight excluding hydrogens is 444 g/mol. The van der Waals surface area contributed by atoms with Gasteiger partial charge in [-0.3, -0.25) is 14.0 Å². The summed E-state index contributed by atoms with van der Waals surface area (Å²) in [5.74, 6) is -0.327. The third kappa shape index (κ3) is 3.19. The van der Waals surface area contributed by atoms with Gasteiger partial charge in [-0.25, -0.2) is 4.98 Å². The zero-order valence-electron chi connectivity index (χ0n) is 17.9. The Morgan fingerprint density at radius 2 is 1.47 bits per heavy atom. The Morgan fingerprint density at radius 3 is 2.32 bits per heavy atom. The Hall–Kier alpha value is -4.28. The third-order valence-electron chi connectivity index (χ3n) is 6.11. The Morgan fingerprint density at radius 1 is 0.706 bits per heavy atom. The highest BCUT2D eigenvalue weighted by Crippen LogP contribution is 2.30. The molecule has 4 aromatic carbocycles. The minimum absolute atomic E-state index is 0.155. The Bertz CT molecular complexity index is 1750. The van der Waals surface area contributed by atoms with Gasteiger partial charge in [0.2, 0.25) is 5.78 Å². The summed E-state index contributed by atoms with van der Waals surface area (Å²) < 4.78 is 1.72. The van der Waals surface area contributed by atoms with Crippen LogP contribution in [0.5, 0.6) is 0 Å².